The number of hydrogen-bond acceptors (Lipinski definition) is 7. The van der Waals surface area contributed by atoms with Gasteiger partial charge in [-0.25, -0.2) is 14.4 Å². The first-order chi connectivity index (χ1) is 17.4. The van der Waals surface area contributed by atoms with E-state index in [9.17, 15) is 14.4 Å². The molecule has 0 radical (unpaired) electrons. The highest BCUT2D eigenvalue weighted by molar-refractivity contribution is 6.12. The SMILES string of the molecule is BC1OC(COC(=O)c2ccccc2)[C@](C)(COC(=O)c2ccccc2)[C@H]1OC(=O)c1ccccc1. The molecule has 0 saturated carbocycles. The number of hydrogen-bond donors (Lipinski definition) is 0. The van der Waals surface area contributed by atoms with Gasteiger partial charge in [0.15, 0.2) is 0 Å². The van der Waals surface area contributed by atoms with Crippen molar-refractivity contribution in [3.63, 3.8) is 0 Å². The summed E-state index contributed by atoms with van der Waals surface area (Å²) in [5.41, 5.74) is 0.226. The van der Waals surface area contributed by atoms with Crippen LogP contribution in [0.5, 0.6) is 0 Å². The molecule has 1 aliphatic rings. The fourth-order valence-electron chi connectivity index (χ4n) is 4.29. The van der Waals surface area contributed by atoms with E-state index in [1.54, 1.807) is 93.6 Å². The lowest BCUT2D eigenvalue weighted by Crippen LogP contribution is -2.47. The first-order valence-electron chi connectivity index (χ1n) is 11.7. The Hall–Kier alpha value is -3.91. The molecular formula is C28H27BO7. The predicted octanol–water partition coefficient (Wildman–Crippen LogP) is 3.29. The molecule has 3 aromatic rings. The van der Waals surface area contributed by atoms with E-state index in [-0.39, 0.29) is 13.2 Å². The van der Waals surface area contributed by atoms with Gasteiger partial charge in [-0.15, -0.1) is 0 Å². The zero-order chi connectivity index (χ0) is 25.5. The highest BCUT2D eigenvalue weighted by atomic mass is 16.6. The maximum Gasteiger partial charge on any atom is 0.338 e. The fraction of sp³-hybridized carbons (Fsp3) is 0.250. The summed E-state index contributed by atoms with van der Waals surface area (Å²) < 4.78 is 23.2. The second-order valence-electron chi connectivity index (χ2n) is 8.93. The molecule has 4 atom stereocenters. The van der Waals surface area contributed by atoms with Crippen molar-refractivity contribution in [1.82, 2.24) is 0 Å². The number of benzene rings is 3. The van der Waals surface area contributed by atoms with Crippen molar-refractivity contribution in [1.29, 1.82) is 0 Å². The molecule has 0 aliphatic carbocycles. The van der Waals surface area contributed by atoms with Gasteiger partial charge in [0.2, 0.25) is 0 Å². The third-order valence-corrected chi connectivity index (χ3v) is 6.33. The van der Waals surface area contributed by atoms with Gasteiger partial charge in [-0.2, -0.15) is 0 Å². The first kappa shape index (κ1) is 25.2. The van der Waals surface area contributed by atoms with Crippen LogP contribution in [0.3, 0.4) is 0 Å². The van der Waals surface area contributed by atoms with Crippen LogP contribution in [0.2, 0.25) is 0 Å². The molecule has 0 spiro atoms. The predicted molar refractivity (Wildman–Crippen MR) is 134 cm³/mol. The third kappa shape index (κ3) is 5.66. The molecule has 4 rings (SSSR count). The van der Waals surface area contributed by atoms with Crippen molar-refractivity contribution in [2.24, 2.45) is 5.41 Å². The largest absolute Gasteiger partial charge is 0.461 e. The lowest BCUT2D eigenvalue weighted by Gasteiger charge is -2.34. The van der Waals surface area contributed by atoms with Crippen LogP contribution in [0, 0.1) is 5.41 Å². The summed E-state index contributed by atoms with van der Waals surface area (Å²) in [5.74, 6) is -1.52. The Kier molecular flexibility index (Phi) is 7.85. The molecule has 1 fully saturated rings. The Morgan fingerprint density at radius 1 is 0.750 bits per heavy atom. The molecule has 1 aliphatic heterocycles. The van der Waals surface area contributed by atoms with Crippen LogP contribution in [0.1, 0.15) is 38.0 Å². The summed E-state index contributed by atoms with van der Waals surface area (Å²) in [4.78, 5) is 38.1. The molecule has 184 valence electrons. The van der Waals surface area contributed by atoms with E-state index in [4.69, 9.17) is 18.9 Å². The smallest absolute Gasteiger partial charge is 0.338 e. The van der Waals surface area contributed by atoms with Crippen LogP contribution in [0.15, 0.2) is 91.0 Å². The van der Waals surface area contributed by atoms with E-state index in [2.05, 4.69) is 0 Å². The summed E-state index contributed by atoms with van der Waals surface area (Å²) in [5, 5.41) is 0. The second kappa shape index (κ2) is 11.2. The minimum atomic E-state index is -0.981. The lowest BCUT2D eigenvalue weighted by molar-refractivity contribution is -0.0525. The van der Waals surface area contributed by atoms with Crippen molar-refractivity contribution in [3.05, 3.63) is 108 Å². The number of esters is 3. The maximum atomic E-state index is 12.9. The number of carbonyl (C=O) groups excluding carboxylic acids is 3. The molecule has 2 unspecified atom stereocenters. The summed E-state index contributed by atoms with van der Waals surface area (Å²) >= 11 is 0. The average Bonchev–Trinajstić information content (AvgIpc) is 3.16. The van der Waals surface area contributed by atoms with Crippen molar-refractivity contribution in [2.45, 2.75) is 25.1 Å². The van der Waals surface area contributed by atoms with Crippen LogP contribution in [0.4, 0.5) is 0 Å². The van der Waals surface area contributed by atoms with E-state index in [1.165, 1.54) is 0 Å². The van der Waals surface area contributed by atoms with Gasteiger partial charge < -0.3 is 18.9 Å². The van der Waals surface area contributed by atoms with E-state index in [0.29, 0.717) is 16.7 Å². The quantitative estimate of drug-likeness (QED) is 0.274. The van der Waals surface area contributed by atoms with Crippen molar-refractivity contribution >= 4 is 25.8 Å². The average molecular weight is 486 g/mol. The van der Waals surface area contributed by atoms with Crippen LogP contribution < -0.4 is 0 Å². The van der Waals surface area contributed by atoms with Gasteiger partial charge >= 0.3 is 17.9 Å². The Morgan fingerprint density at radius 2 is 1.19 bits per heavy atom. The zero-order valence-electron chi connectivity index (χ0n) is 20.2. The molecule has 0 amide bonds. The highest BCUT2D eigenvalue weighted by Gasteiger charge is 2.55. The van der Waals surface area contributed by atoms with Crippen LogP contribution >= 0.6 is 0 Å². The minimum Gasteiger partial charge on any atom is -0.461 e. The summed E-state index contributed by atoms with van der Waals surface area (Å²) in [7, 11) is 1.78. The lowest BCUT2D eigenvalue weighted by atomic mass is 9.76. The van der Waals surface area contributed by atoms with Gasteiger partial charge in [-0.1, -0.05) is 61.5 Å². The van der Waals surface area contributed by atoms with E-state index >= 15 is 0 Å². The monoisotopic (exact) mass is 486 g/mol. The molecule has 36 heavy (non-hydrogen) atoms. The summed E-state index contributed by atoms with van der Waals surface area (Å²) in [6, 6.07) is 25.3. The first-order valence-corrected chi connectivity index (χ1v) is 11.7. The second-order valence-corrected chi connectivity index (χ2v) is 8.93. The number of ether oxygens (including phenoxy) is 4. The molecule has 0 aromatic heterocycles. The molecule has 8 heteroatoms. The molecule has 0 bridgehead atoms. The zero-order valence-corrected chi connectivity index (χ0v) is 20.2. The van der Waals surface area contributed by atoms with Crippen molar-refractivity contribution in [3.8, 4) is 0 Å². The van der Waals surface area contributed by atoms with Crippen LogP contribution in [0.25, 0.3) is 0 Å². The van der Waals surface area contributed by atoms with Crippen LogP contribution in [-0.4, -0.2) is 57.2 Å². The maximum absolute atomic E-state index is 12.9. The van der Waals surface area contributed by atoms with Gasteiger partial charge in [-0.05, 0) is 36.4 Å². The van der Waals surface area contributed by atoms with Gasteiger partial charge in [0, 0.05) is 0 Å². The Morgan fingerprint density at radius 3 is 1.69 bits per heavy atom. The van der Waals surface area contributed by atoms with Gasteiger partial charge in [-0.3, -0.25) is 0 Å². The van der Waals surface area contributed by atoms with E-state index in [0.717, 1.165) is 0 Å². The molecule has 7 nitrogen and oxygen atoms in total. The minimum absolute atomic E-state index is 0.100. The highest BCUT2D eigenvalue weighted by Crippen LogP contribution is 2.41. The van der Waals surface area contributed by atoms with Gasteiger partial charge in [0.1, 0.15) is 33.3 Å². The van der Waals surface area contributed by atoms with Gasteiger partial charge in [0.05, 0.1) is 28.1 Å². The topological polar surface area (TPSA) is 88.1 Å². The summed E-state index contributed by atoms with van der Waals surface area (Å²) in [6.07, 6.45) is -1.44. The Balaban J connectivity index is 1.53. The van der Waals surface area contributed by atoms with E-state index in [1.807, 2.05) is 12.1 Å². The molecular weight excluding hydrogens is 459 g/mol. The summed E-state index contributed by atoms with van der Waals surface area (Å²) in [6.45, 7) is 1.60. The third-order valence-electron chi connectivity index (χ3n) is 6.33. The Labute approximate surface area is 210 Å². The van der Waals surface area contributed by atoms with Crippen molar-refractivity contribution in [2.75, 3.05) is 13.2 Å². The molecule has 1 heterocycles. The number of carbonyl (C=O) groups is 3. The van der Waals surface area contributed by atoms with E-state index < -0.39 is 41.5 Å². The van der Waals surface area contributed by atoms with Crippen LogP contribution in [-0.2, 0) is 18.9 Å². The fourth-order valence-corrected chi connectivity index (χ4v) is 4.29. The van der Waals surface area contributed by atoms with Gasteiger partial charge in [0.25, 0.3) is 0 Å². The number of rotatable bonds is 8. The Bertz CT molecular complexity index is 1190. The molecule has 0 N–H and O–H groups in total. The standard InChI is InChI=1S/C28H27BO7/c1-28(18-34-26(31)20-13-7-3-8-14-20)22(17-33-25(30)19-11-5-2-6-12-19)35-24(29)23(28)36-27(32)21-15-9-4-10-16-21/h2-16,22-24H,17-18,29H2,1H3/t22?,23-,24?,28-/m0/s1. The molecule has 1 saturated heterocycles. The normalized spacial score (nSPS) is 23.0. The molecule has 3 aromatic carbocycles. The van der Waals surface area contributed by atoms with Crippen molar-refractivity contribution < 1.29 is 33.3 Å².